The summed E-state index contributed by atoms with van der Waals surface area (Å²) in [6.07, 6.45) is 3.24. The van der Waals surface area contributed by atoms with E-state index in [1.54, 1.807) is 24.3 Å². The molecule has 1 rings (SSSR count). The van der Waals surface area contributed by atoms with Gasteiger partial charge in [0.2, 0.25) is 0 Å². The molecule has 0 aromatic rings. The Labute approximate surface area is 53.7 Å². The van der Waals surface area contributed by atoms with Gasteiger partial charge >= 0.3 is 0 Å². The van der Waals surface area contributed by atoms with Gasteiger partial charge in [-0.15, -0.1) is 5.10 Å². The van der Waals surface area contributed by atoms with Crippen molar-refractivity contribution in [3.8, 4) is 0 Å². The second kappa shape index (κ2) is 2.29. The first-order valence-corrected chi connectivity index (χ1v) is 2.55. The molecule has 0 aliphatic carbocycles. The molecule has 1 aliphatic heterocycles. The molecule has 1 heterocycles. The maximum absolute atomic E-state index is 3.90. The van der Waals surface area contributed by atoms with Crippen LogP contribution in [-0.4, -0.2) is 24.1 Å². The van der Waals surface area contributed by atoms with E-state index >= 15 is 0 Å². The molecule has 0 N–H and O–H groups in total. The van der Waals surface area contributed by atoms with Crippen molar-refractivity contribution < 1.29 is 0 Å². The minimum Gasteiger partial charge on any atom is -0.243 e. The zero-order valence-corrected chi connectivity index (χ0v) is 5.20. The summed E-state index contributed by atoms with van der Waals surface area (Å²) in [7, 11) is 1.77. The second-order valence-electron chi connectivity index (χ2n) is 1.61. The van der Waals surface area contributed by atoms with E-state index < -0.39 is 0 Å². The van der Waals surface area contributed by atoms with Gasteiger partial charge in [-0.3, -0.25) is 0 Å². The van der Waals surface area contributed by atoms with Crippen LogP contribution in [0, 0.1) is 0 Å². The van der Waals surface area contributed by atoms with Crippen LogP contribution < -0.4 is 0 Å². The summed E-state index contributed by atoms with van der Waals surface area (Å²) in [5, 5.41) is 5.36. The lowest BCUT2D eigenvalue weighted by Crippen LogP contribution is -2.05. The molecule has 0 saturated heterocycles. The van der Waals surface area contributed by atoms with E-state index in [2.05, 4.69) is 22.5 Å². The molecule has 0 atom stereocenters. The highest BCUT2D eigenvalue weighted by molar-refractivity contribution is 5.83. The number of nitrogens with zero attached hydrogens (tertiary/aromatic N) is 3. The van der Waals surface area contributed by atoms with E-state index in [1.165, 1.54) is 0 Å². The average molecular weight is 121 g/mol. The Morgan fingerprint density at radius 3 is 3.33 bits per heavy atom. The Bertz CT molecular complexity index is 208. The molecule has 0 bridgehead atoms. The largest absolute Gasteiger partial charge is 0.243 e. The molecule has 0 unspecified atom stereocenters. The van der Waals surface area contributed by atoms with Crippen LogP contribution in [0.4, 0.5) is 0 Å². The van der Waals surface area contributed by atoms with Crippen molar-refractivity contribution in [2.45, 2.75) is 0 Å². The van der Waals surface area contributed by atoms with Gasteiger partial charge in [0, 0.05) is 25.2 Å². The number of hydrogen-bond acceptors (Lipinski definition) is 3. The van der Waals surface area contributed by atoms with Gasteiger partial charge in [0.25, 0.3) is 0 Å². The van der Waals surface area contributed by atoms with E-state index in [0.717, 1.165) is 0 Å². The Morgan fingerprint density at radius 2 is 2.56 bits per heavy atom. The molecule has 3 heteroatoms. The fraction of sp³-hybridized carbons (Fsp3) is 0.167. The van der Waals surface area contributed by atoms with Gasteiger partial charge in [0.05, 0.1) is 0 Å². The van der Waals surface area contributed by atoms with Gasteiger partial charge in [-0.1, -0.05) is 6.58 Å². The number of hydrazone groups is 1. The minimum absolute atomic E-state index is 0.622. The topological polar surface area (TPSA) is 28.0 Å². The van der Waals surface area contributed by atoms with Crippen LogP contribution in [0.1, 0.15) is 0 Å². The van der Waals surface area contributed by atoms with Gasteiger partial charge in [-0.05, 0) is 0 Å². The summed E-state index contributed by atoms with van der Waals surface area (Å²) in [4.78, 5) is 3.90. The summed E-state index contributed by atoms with van der Waals surface area (Å²) in [6.45, 7) is 3.63. The zero-order valence-electron chi connectivity index (χ0n) is 5.20. The lowest BCUT2D eigenvalue weighted by molar-refractivity contribution is 0.449. The summed E-state index contributed by atoms with van der Waals surface area (Å²) >= 11 is 0. The number of aliphatic imine (C=N–C) groups is 1. The average Bonchev–Trinajstić information content (AvgIpc) is 1.99. The highest BCUT2D eigenvalue weighted by atomic mass is 15.5. The van der Waals surface area contributed by atoms with Crippen molar-refractivity contribution in [2.24, 2.45) is 10.1 Å². The Hall–Kier alpha value is -1.34. The normalized spacial score (nSPS) is 16.6. The smallest absolute Gasteiger partial charge is 0.141 e. The molecule has 46 valence electrons. The van der Waals surface area contributed by atoms with E-state index in [0.29, 0.717) is 5.82 Å². The lowest BCUT2D eigenvalue weighted by Gasteiger charge is -2.06. The minimum atomic E-state index is 0.622. The predicted molar refractivity (Wildman–Crippen MR) is 37.4 cm³/mol. The highest BCUT2D eigenvalue weighted by Gasteiger charge is 1.94. The Morgan fingerprint density at radius 1 is 1.78 bits per heavy atom. The van der Waals surface area contributed by atoms with Gasteiger partial charge < -0.3 is 0 Å². The SMILES string of the molecule is C=C1N=CC=C=NN1C. The molecular weight excluding hydrogens is 114 g/mol. The Kier molecular flexibility index (Phi) is 1.47. The van der Waals surface area contributed by atoms with Gasteiger partial charge in [0.15, 0.2) is 0 Å². The van der Waals surface area contributed by atoms with Crippen LogP contribution in [0.2, 0.25) is 0 Å². The van der Waals surface area contributed by atoms with Crippen LogP contribution in [0.5, 0.6) is 0 Å². The third-order valence-corrected chi connectivity index (χ3v) is 0.954. The van der Waals surface area contributed by atoms with Gasteiger partial charge in [0.1, 0.15) is 5.82 Å². The van der Waals surface area contributed by atoms with E-state index in [4.69, 9.17) is 0 Å². The molecule has 1 aliphatic rings. The fourth-order valence-electron chi connectivity index (χ4n) is 0.418. The third-order valence-electron chi connectivity index (χ3n) is 0.954. The van der Waals surface area contributed by atoms with Crippen LogP contribution >= 0.6 is 0 Å². The maximum Gasteiger partial charge on any atom is 0.141 e. The summed E-state index contributed by atoms with van der Waals surface area (Å²) in [6, 6.07) is 0. The van der Waals surface area contributed by atoms with E-state index in [-0.39, 0.29) is 0 Å². The van der Waals surface area contributed by atoms with Crippen LogP contribution in [0.25, 0.3) is 0 Å². The van der Waals surface area contributed by atoms with Gasteiger partial charge in [-0.2, -0.15) is 0 Å². The first-order valence-electron chi connectivity index (χ1n) is 2.55. The maximum atomic E-state index is 3.90. The predicted octanol–water partition coefficient (Wildman–Crippen LogP) is 0.615. The second-order valence-corrected chi connectivity index (χ2v) is 1.61. The lowest BCUT2D eigenvalue weighted by atomic mass is 10.7. The zero-order chi connectivity index (χ0) is 6.69. The molecule has 0 amide bonds. The van der Waals surface area contributed by atoms with Crippen molar-refractivity contribution >= 4 is 12.1 Å². The quantitative estimate of drug-likeness (QED) is 0.461. The molecular formula is C6H7N3. The fourth-order valence-corrected chi connectivity index (χ4v) is 0.418. The summed E-state index contributed by atoms with van der Waals surface area (Å²) in [5.41, 5.74) is 0. The van der Waals surface area contributed by atoms with Crippen molar-refractivity contribution in [1.82, 2.24) is 5.01 Å². The molecule has 0 saturated carbocycles. The molecule has 0 aromatic carbocycles. The molecule has 9 heavy (non-hydrogen) atoms. The first kappa shape index (κ1) is 5.79. The van der Waals surface area contributed by atoms with Crippen molar-refractivity contribution in [3.05, 3.63) is 18.5 Å². The summed E-state index contributed by atoms with van der Waals surface area (Å²) < 4.78 is 0. The van der Waals surface area contributed by atoms with Crippen molar-refractivity contribution in [3.63, 3.8) is 0 Å². The molecule has 0 aromatic heterocycles. The number of allylic oxidation sites excluding steroid dienone is 1. The molecule has 0 spiro atoms. The number of rotatable bonds is 0. The van der Waals surface area contributed by atoms with E-state index in [9.17, 15) is 0 Å². The van der Waals surface area contributed by atoms with Gasteiger partial charge in [-0.25, -0.2) is 10.0 Å². The highest BCUT2D eigenvalue weighted by Crippen LogP contribution is 1.99. The molecule has 0 fully saturated rings. The van der Waals surface area contributed by atoms with E-state index in [1.807, 2.05) is 0 Å². The monoisotopic (exact) mass is 121 g/mol. The van der Waals surface area contributed by atoms with Crippen LogP contribution in [-0.2, 0) is 0 Å². The van der Waals surface area contributed by atoms with Crippen molar-refractivity contribution in [2.75, 3.05) is 7.05 Å². The van der Waals surface area contributed by atoms with Crippen LogP contribution in [0.15, 0.2) is 28.6 Å². The summed E-state index contributed by atoms with van der Waals surface area (Å²) in [5.74, 6) is 3.26. The molecule has 0 radical (unpaired) electrons. The Balaban J connectivity index is 2.90. The van der Waals surface area contributed by atoms with Crippen LogP contribution in [0.3, 0.4) is 0 Å². The third kappa shape index (κ3) is 1.27. The first-order chi connectivity index (χ1) is 4.30. The molecule has 3 nitrogen and oxygen atoms in total. The van der Waals surface area contributed by atoms with Crippen molar-refractivity contribution in [1.29, 1.82) is 0 Å². The standard InChI is InChI=1S/C6H7N3/c1-6-7-4-3-5-8-9(6)2/h3-4H,1H2,2H3. The number of hydrogen-bond donors (Lipinski definition) is 0.